The lowest BCUT2D eigenvalue weighted by molar-refractivity contribution is 0.296. The molecule has 35 heavy (non-hydrogen) atoms. The van der Waals surface area contributed by atoms with Gasteiger partial charge in [-0.3, -0.25) is 0 Å². The zero-order valence-corrected chi connectivity index (χ0v) is 20.2. The van der Waals surface area contributed by atoms with Crippen LogP contribution in [0.25, 0.3) is 22.0 Å². The Labute approximate surface area is 206 Å². The standard InChI is InChI=1S/C26H24N4O4S/c1-31-18-10-8-17(9-11-18)29-25-19-14-24(23(32-2)15-21(19)27-16-28-25)33-12-5-13-35-26-30-20-6-3-4-7-22(20)34-26/h3-4,6-11,14-16H,5,12-13H2,1-2H3,(H,27,28,29). The highest BCUT2D eigenvalue weighted by Crippen LogP contribution is 2.35. The van der Waals surface area contributed by atoms with Gasteiger partial charge < -0.3 is 23.9 Å². The van der Waals surface area contributed by atoms with Crippen LogP contribution >= 0.6 is 11.8 Å². The maximum atomic E-state index is 6.08. The Morgan fingerprint density at radius 3 is 2.57 bits per heavy atom. The van der Waals surface area contributed by atoms with Crippen molar-refractivity contribution in [2.45, 2.75) is 11.6 Å². The number of aromatic nitrogens is 3. The minimum atomic E-state index is 0.518. The summed E-state index contributed by atoms with van der Waals surface area (Å²) in [5, 5.41) is 4.85. The van der Waals surface area contributed by atoms with Gasteiger partial charge in [0.1, 0.15) is 23.4 Å². The molecule has 0 fully saturated rings. The largest absolute Gasteiger partial charge is 0.497 e. The fourth-order valence-corrected chi connectivity index (χ4v) is 4.31. The van der Waals surface area contributed by atoms with Gasteiger partial charge in [-0.25, -0.2) is 15.0 Å². The highest BCUT2D eigenvalue weighted by Gasteiger charge is 2.12. The first-order chi connectivity index (χ1) is 17.2. The van der Waals surface area contributed by atoms with Gasteiger partial charge in [0.05, 0.1) is 26.3 Å². The molecule has 0 aliphatic carbocycles. The summed E-state index contributed by atoms with van der Waals surface area (Å²) in [7, 11) is 3.26. The fourth-order valence-electron chi connectivity index (χ4n) is 3.56. The summed E-state index contributed by atoms with van der Waals surface area (Å²) in [6.45, 7) is 0.518. The number of hydrogen-bond donors (Lipinski definition) is 1. The minimum absolute atomic E-state index is 0.518. The molecule has 0 amide bonds. The molecule has 0 unspecified atom stereocenters. The topological polar surface area (TPSA) is 91.5 Å². The van der Waals surface area contributed by atoms with E-state index < -0.39 is 0 Å². The molecule has 0 atom stereocenters. The van der Waals surface area contributed by atoms with Gasteiger partial charge in [0.15, 0.2) is 17.1 Å². The highest BCUT2D eigenvalue weighted by molar-refractivity contribution is 7.99. The van der Waals surface area contributed by atoms with Crippen LogP contribution in [0.4, 0.5) is 11.5 Å². The summed E-state index contributed by atoms with van der Waals surface area (Å²) >= 11 is 1.57. The predicted molar refractivity (Wildman–Crippen MR) is 137 cm³/mol. The molecule has 9 heteroatoms. The van der Waals surface area contributed by atoms with Crippen molar-refractivity contribution < 1.29 is 18.6 Å². The van der Waals surface area contributed by atoms with Crippen molar-refractivity contribution in [2.24, 2.45) is 0 Å². The van der Waals surface area contributed by atoms with Crippen LogP contribution in [0.5, 0.6) is 17.2 Å². The van der Waals surface area contributed by atoms with Crippen LogP contribution in [0.3, 0.4) is 0 Å². The number of benzene rings is 3. The number of hydrogen-bond acceptors (Lipinski definition) is 9. The number of rotatable bonds is 10. The first-order valence-electron chi connectivity index (χ1n) is 11.1. The van der Waals surface area contributed by atoms with Crippen LogP contribution in [0.15, 0.2) is 76.6 Å². The van der Waals surface area contributed by atoms with Gasteiger partial charge in [0, 0.05) is 22.9 Å². The number of ether oxygens (including phenoxy) is 3. The molecule has 0 saturated heterocycles. The molecule has 0 aliphatic heterocycles. The summed E-state index contributed by atoms with van der Waals surface area (Å²) < 4.78 is 22.6. The number of nitrogens with one attached hydrogen (secondary N) is 1. The quantitative estimate of drug-likeness (QED) is 0.185. The summed E-state index contributed by atoms with van der Waals surface area (Å²) in [5.74, 6) is 3.55. The normalized spacial score (nSPS) is 11.0. The van der Waals surface area contributed by atoms with E-state index in [2.05, 4.69) is 20.3 Å². The van der Waals surface area contributed by atoms with E-state index in [4.69, 9.17) is 18.6 Å². The third kappa shape index (κ3) is 5.25. The number of methoxy groups -OCH3 is 2. The first-order valence-corrected chi connectivity index (χ1v) is 12.1. The van der Waals surface area contributed by atoms with Gasteiger partial charge in [-0.15, -0.1) is 0 Å². The van der Waals surface area contributed by atoms with E-state index in [1.54, 1.807) is 26.0 Å². The first kappa shape index (κ1) is 22.8. The van der Waals surface area contributed by atoms with Gasteiger partial charge >= 0.3 is 0 Å². The Balaban J connectivity index is 1.26. The molecule has 8 nitrogen and oxygen atoms in total. The maximum Gasteiger partial charge on any atom is 0.256 e. The molecule has 2 heterocycles. The van der Waals surface area contributed by atoms with Crippen molar-refractivity contribution in [2.75, 3.05) is 31.9 Å². The van der Waals surface area contributed by atoms with Crippen molar-refractivity contribution in [3.05, 3.63) is 67.0 Å². The van der Waals surface area contributed by atoms with Crippen molar-refractivity contribution in [3.8, 4) is 17.2 Å². The van der Waals surface area contributed by atoms with E-state index in [0.29, 0.717) is 29.1 Å². The monoisotopic (exact) mass is 488 g/mol. The average molecular weight is 489 g/mol. The zero-order valence-electron chi connectivity index (χ0n) is 19.4. The molecular formula is C26H24N4O4S. The van der Waals surface area contributed by atoms with Crippen molar-refractivity contribution >= 4 is 45.3 Å². The molecule has 5 rings (SSSR count). The predicted octanol–water partition coefficient (Wildman–Crippen LogP) is 6.09. The van der Waals surface area contributed by atoms with E-state index in [9.17, 15) is 0 Å². The van der Waals surface area contributed by atoms with Crippen LogP contribution in [0.2, 0.25) is 0 Å². The second kappa shape index (κ2) is 10.5. The molecule has 0 radical (unpaired) electrons. The number of nitrogens with zero attached hydrogens (tertiary/aromatic N) is 3. The number of thioether (sulfide) groups is 1. The van der Waals surface area contributed by atoms with Gasteiger partial charge in [-0.2, -0.15) is 0 Å². The Morgan fingerprint density at radius 2 is 1.77 bits per heavy atom. The van der Waals surface area contributed by atoms with Gasteiger partial charge in [-0.1, -0.05) is 23.9 Å². The zero-order chi connectivity index (χ0) is 24.0. The van der Waals surface area contributed by atoms with Crippen molar-refractivity contribution in [3.63, 3.8) is 0 Å². The molecule has 3 aromatic carbocycles. The Kier molecular flexibility index (Phi) is 6.85. The number of fused-ring (bicyclic) bond motifs is 2. The third-order valence-electron chi connectivity index (χ3n) is 5.32. The SMILES string of the molecule is COc1ccc(Nc2ncnc3cc(OC)c(OCCCSc4nc5ccccc5o4)cc23)cc1. The van der Waals surface area contributed by atoms with Gasteiger partial charge in [0.2, 0.25) is 0 Å². The van der Waals surface area contributed by atoms with Gasteiger partial charge in [0.25, 0.3) is 5.22 Å². The van der Waals surface area contributed by atoms with Gasteiger partial charge in [-0.05, 0) is 48.9 Å². The van der Waals surface area contributed by atoms with E-state index in [-0.39, 0.29) is 0 Å². The molecule has 5 aromatic rings. The van der Waals surface area contributed by atoms with Crippen LogP contribution in [0.1, 0.15) is 6.42 Å². The van der Waals surface area contributed by atoms with E-state index >= 15 is 0 Å². The average Bonchev–Trinajstić information content (AvgIpc) is 3.31. The molecule has 1 N–H and O–H groups in total. The molecule has 178 valence electrons. The van der Waals surface area contributed by atoms with Crippen molar-refractivity contribution in [1.82, 2.24) is 15.0 Å². The van der Waals surface area contributed by atoms with E-state index in [1.807, 2.05) is 60.7 Å². The Morgan fingerprint density at radius 1 is 0.914 bits per heavy atom. The van der Waals surface area contributed by atoms with Crippen LogP contribution in [-0.4, -0.2) is 41.5 Å². The highest BCUT2D eigenvalue weighted by atomic mass is 32.2. The molecular weight excluding hydrogens is 464 g/mol. The molecule has 0 bridgehead atoms. The van der Waals surface area contributed by atoms with E-state index in [1.165, 1.54) is 6.33 Å². The maximum absolute atomic E-state index is 6.08. The number of oxazole rings is 1. The summed E-state index contributed by atoms with van der Waals surface area (Å²) in [6.07, 6.45) is 2.34. The molecule has 2 aromatic heterocycles. The van der Waals surface area contributed by atoms with Crippen LogP contribution < -0.4 is 19.5 Å². The van der Waals surface area contributed by atoms with Crippen LogP contribution in [-0.2, 0) is 0 Å². The minimum Gasteiger partial charge on any atom is -0.497 e. The molecule has 0 aliphatic rings. The number of para-hydroxylation sites is 2. The third-order valence-corrected chi connectivity index (χ3v) is 6.23. The second-order valence-electron chi connectivity index (χ2n) is 7.59. The fraction of sp³-hybridized carbons (Fsp3) is 0.192. The summed E-state index contributed by atoms with van der Waals surface area (Å²) in [5.41, 5.74) is 3.31. The lowest BCUT2D eigenvalue weighted by Crippen LogP contribution is -2.02. The summed E-state index contributed by atoms with van der Waals surface area (Å²) in [4.78, 5) is 13.3. The lowest BCUT2D eigenvalue weighted by Gasteiger charge is -2.14. The van der Waals surface area contributed by atoms with Crippen LogP contribution in [0, 0.1) is 0 Å². The summed E-state index contributed by atoms with van der Waals surface area (Å²) in [6, 6.07) is 19.2. The van der Waals surface area contributed by atoms with E-state index in [0.717, 1.165) is 45.6 Å². The molecule has 0 saturated carbocycles. The Hall–Kier alpha value is -3.98. The number of anilines is 2. The lowest BCUT2D eigenvalue weighted by atomic mass is 10.2. The second-order valence-corrected chi connectivity index (χ2v) is 8.64. The molecule has 0 spiro atoms. The Bertz CT molecular complexity index is 1410. The smallest absolute Gasteiger partial charge is 0.256 e. The van der Waals surface area contributed by atoms with Crippen molar-refractivity contribution in [1.29, 1.82) is 0 Å².